The summed E-state index contributed by atoms with van der Waals surface area (Å²) in [7, 11) is 0. The van der Waals surface area contributed by atoms with Gasteiger partial charge >= 0.3 is 0 Å². The van der Waals surface area contributed by atoms with Crippen LogP contribution in [0.3, 0.4) is 0 Å². The first-order chi connectivity index (χ1) is 10.1. The molecule has 0 saturated carbocycles. The van der Waals surface area contributed by atoms with E-state index in [0.29, 0.717) is 11.8 Å². The Morgan fingerprint density at radius 1 is 1.29 bits per heavy atom. The summed E-state index contributed by atoms with van der Waals surface area (Å²) in [6, 6.07) is 7.98. The van der Waals surface area contributed by atoms with E-state index in [9.17, 15) is 0 Å². The smallest absolute Gasteiger partial charge is 0.199 e. The molecule has 1 aromatic carbocycles. The number of halogens is 1. The monoisotopic (exact) mass is 304 g/mol. The van der Waals surface area contributed by atoms with E-state index < -0.39 is 0 Å². The molecular formula is C16H17ClN2O2. The van der Waals surface area contributed by atoms with Crippen LogP contribution in [0.4, 0.5) is 0 Å². The molecule has 1 atom stereocenters. The zero-order valence-corrected chi connectivity index (χ0v) is 13.0. The minimum absolute atomic E-state index is 0.126. The molecule has 1 N–H and O–H groups in total. The molecule has 0 spiro atoms. The summed E-state index contributed by atoms with van der Waals surface area (Å²) >= 11 is 6.20. The molecule has 1 unspecified atom stereocenters. The summed E-state index contributed by atoms with van der Waals surface area (Å²) in [6.07, 6.45) is 0. The van der Waals surface area contributed by atoms with Gasteiger partial charge in [-0.25, -0.2) is 0 Å². The normalized spacial score (nSPS) is 13.0. The number of aromatic nitrogens is 1. The molecule has 21 heavy (non-hydrogen) atoms. The molecular weight excluding hydrogens is 288 g/mol. The number of para-hydroxylation sites is 1. The second-order valence-electron chi connectivity index (χ2n) is 5.19. The van der Waals surface area contributed by atoms with Crippen molar-refractivity contribution in [1.29, 1.82) is 0 Å². The molecule has 0 aliphatic rings. The summed E-state index contributed by atoms with van der Waals surface area (Å²) in [5.41, 5.74) is 3.80. The molecule has 0 saturated heterocycles. The average molecular weight is 305 g/mol. The first-order valence-electron chi connectivity index (χ1n) is 6.90. The average Bonchev–Trinajstić information content (AvgIpc) is 2.96. The Hall–Kier alpha value is -1.78. The highest BCUT2D eigenvalue weighted by Gasteiger charge is 2.18. The van der Waals surface area contributed by atoms with Crippen LogP contribution >= 0.6 is 11.6 Å². The summed E-state index contributed by atoms with van der Waals surface area (Å²) in [5.74, 6) is 0.843. The maximum Gasteiger partial charge on any atom is 0.199 e. The number of hydrogen-bond donors (Lipinski definition) is 1. The van der Waals surface area contributed by atoms with E-state index in [4.69, 9.17) is 20.5 Å². The van der Waals surface area contributed by atoms with Crippen LogP contribution in [0.15, 0.2) is 33.2 Å². The van der Waals surface area contributed by atoms with E-state index in [1.165, 1.54) is 0 Å². The molecule has 4 nitrogen and oxygen atoms in total. The lowest BCUT2D eigenvalue weighted by atomic mass is 10.1. The Morgan fingerprint density at radius 3 is 2.76 bits per heavy atom. The molecule has 110 valence electrons. The predicted molar refractivity (Wildman–Crippen MR) is 82.5 cm³/mol. The Kier molecular flexibility index (Phi) is 3.74. The number of fused-ring (bicyclic) bond motifs is 1. The van der Waals surface area contributed by atoms with Crippen LogP contribution in [0.25, 0.3) is 11.0 Å². The molecule has 0 radical (unpaired) electrons. The van der Waals surface area contributed by atoms with Gasteiger partial charge in [-0.15, -0.1) is 0 Å². The van der Waals surface area contributed by atoms with Crippen molar-refractivity contribution >= 4 is 22.6 Å². The molecule has 0 aliphatic carbocycles. The van der Waals surface area contributed by atoms with Gasteiger partial charge < -0.3 is 14.3 Å². The molecule has 3 rings (SSSR count). The van der Waals surface area contributed by atoms with Gasteiger partial charge in [0.1, 0.15) is 11.3 Å². The maximum atomic E-state index is 6.20. The molecule has 0 bridgehead atoms. The SMILES string of the molecule is Cc1noc(C)c1C(C)NCc1c(Cl)oc2ccccc12. The first kappa shape index (κ1) is 14.2. The number of nitrogens with zero attached hydrogens (tertiary/aromatic N) is 1. The number of rotatable bonds is 4. The van der Waals surface area contributed by atoms with Gasteiger partial charge in [-0.1, -0.05) is 23.4 Å². The zero-order valence-electron chi connectivity index (χ0n) is 12.2. The van der Waals surface area contributed by atoms with E-state index >= 15 is 0 Å². The largest absolute Gasteiger partial charge is 0.444 e. The third kappa shape index (κ3) is 2.57. The molecule has 2 aromatic heterocycles. The van der Waals surface area contributed by atoms with Crippen LogP contribution in [-0.4, -0.2) is 5.16 Å². The van der Waals surface area contributed by atoms with Gasteiger partial charge in [0.15, 0.2) is 5.22 Å². The van der Waals surface area contributed by atoms with Crippen molar-refractivity contribution in [3.8, 4) is 0 Å². The van der Waals surface area contributed by atoms with Crippen molar-refractivity contribution in [3.63, 3.8) is 0 Å². The topological polar surface area (TPSA) is 51.2 Å². The lowest BCUT2D eigenvalue weighted by Crippen LogP contribution is -2.19. The van der Waals surface area contributed by atoms with E-state index in [2.05, 4.69) is 17.4 Å². The van der Waals surface area contributed by atoms with Crippen molar-refractivity contribution < 1.29 is 8.94 Å². The number of furan rings is 1. The van der Waals surface area contributed by atoms with E-state index in [1.54, 1.807) is 0 Å². The molecule has 2 heterocycles. The quantitative estimate of drug-likeness (QED) is 0.768. The van der Waals surface area contributed by atoms with Crippen molar-refractivity contribution in [2.75, 3.05) is 0 Å². The van der Waals surface area contributed by atoms with Crippen molar-refractivity contribution in [2.45, 2.75) is 33.4 Å². The van der Waals surface area contributed by atoms with Gasteiger partial charge in [0.25, 0.3) is 0 Å². The molecule has 0 fully saturated rings. The van der Waals surface area contributed by atoms with Crippen LogP contribution < -0.4 is 5.32 Å². The van der Waals surface area contributed by atoms with Crippen LogP contribution in [0, 0.1) is 13.8 Å². The van der Waals surface area contributed by atoms with Gasteiger partial charge in [-0.05, 0) is 38.4 Å². The third-order valence-electron chi connectivity index (χ3n) is 3.76. The van der Waals surface area contributed by atoms with Crippen LogP contribution in [0.5, 0.6) is 0 Å². The third-order valence-corrected chi connectivity index (χ3v) is 4.06. The summed E-state index contributed by atoms with van der Waals surface area (Å²) in [5, 5.41) is 8.93. The fraction of sp³-hybridized carbons (Fsp3) is 0.312. The Bertz CT molecular complexity index is 756. The lowest BCUT2D eigenvalue weighted by molar-refractivity contribution is 0.390. The molecule has 0 aliphatic heterocycles. The van der Waals surface area contributed by atoms with Crippen LogP contribution in [0.1, 0.15) is 35.5 Å². The maximum absolute atomic E-state index is 6.20. The molecule has 5 heteroatoms. The number of nitrogens with one attached hydrogen (secondary N) is 1. The fourth-order valence-electron chi connectivity index (χ4n) is 2.70. The van der Waals surface area contributed by atoms with Crippen molar-refractivity contribution in [2.24, 2.45) is 0 Å². The minimum atomic E-state index is 0.126. The Labute approximate surface area is 128 Å². The lowest BCUT2D eigenvalue weighted by Gasteiger charge is -2.13. The van der Waals surface area contributed by atoms with Crippen LogP contribution in [-0.2, 0) is 6.54 Å². The number of benzene rings is 1. The summed E-state index contributed by atoms with van der Waals surface area (Å²) in [6.45, 7) is 6.59. The Balaban J connectivity index is 1.82. The second-order valence-corrected chi connectivity index (χ2v) is 5.53. The van der Waals surface area contributed by atoms with Crippen molar-refractivity contribution in [3.05, 3.63) is 52.1 Å². The van der Waals surface area contributed by atoms with E-state index in [0.717, 1.165) is 33.6 Å². The van der Waals surface area contributed by atoms with Gasteiger partial charge in [-0.2, -0.15) is 0 Å². The standard InChI is InChI=1S/C16H17ClN2O2/c1-9(15-10(2)19-21-11(15)3)18-8-13-12-6-4-5-7-14(12)20-16(13)17/h4-7,9,18H,8H2,1-3H3. The molecule has 0 amide bonds. The summed E-state index contributed by atoms with van der Waals surface area (Å²) < 4.78 is 10.8. The number of hydrogen-bond acceptors (Lipinski definition) is 4. The predicted octanol–water partition coefficient (Wildman–Crippen LogP) is 4.54. The van der Waals surface area contributed by atoms with E-state index in [1.807, 2.05) is 38.1 Å². The summed E-state index contributed by atoms with van der Waals surface area (Å²) in [4.78, 5) is 0. The minimum Gasteiger partial charge on any atom is -0.444 e. The second kappa shape index (κ2) is 5.54. The van der Waals surface area contributed by atoms with E-state index in [-0.39, 0.29) is 6.04 Å². The highest BCUT2D eigenvalue weighted by molar-refractivity contribution is 6.30. The van der Waals surface area contributed by atoms with Gasteiger partial charge in [-0.3, -0.25) is 0 Å². The Morgan fingerprint density at radius 2 is 2.05 bits per heavy atom. The zero-order chi connectivity index (χ0) is 15.0. The van der Waals surface area contributed by atoms with Gasteiger partial charge in [0, 0.05) is 29.1 Å². The van der Waals surface area contributed by atoms with Crippen molar-refractivity contribution in [1.82, 2.24) is 10.5 Å². The molecule has 3 aromatic rings. The number of aryl methyl sites for hydroxylation is 2. The van der Waals surface area contributed by atoms with Gasteiger partial charge in [0.2, 0.25) is 0 Å². The van der Waals surface area contributed by atoms with Crippen LogP contribution in [0.2, 0.25) is 5.22 Å². The first-order valence-corrected chi connectivity index (χ1v) is 7.27. The highest BCUT2D eigenvalue weighted by atomic mass is 35.5. The highest BCUT2D eigenvalue weighted by Crippen LogP contribution is 2.30. The van der Waals surface area contributed by atoms with Gasteiger partial charge in [0.05, 0.1) is 5.69 Å². The fourth-order valence-corrected chi connectivity index (χ4v) is 2.95.